The van der Waals surface area contributed by atoms with Crippen molar-refractivity contribution < 1.29 is 18.7 Å². The van der Waals surface area contributed by atoms with Crippen LogP contribution in [0.3, 0.4) is 0 Å². The van der Waals surface area contributed by atoms with E-state index in [0.717, 1.165) is 12.1 Å². The summed E-state index contributed by atoms with van der Waals surface area (Å²) in [5.74, 6) is -0.619. The molecule has 2 atom stereocenters. The van der Waals surface area contributed by atoms with Crippen LogP contribution in [0, 0.1) is 5.82 Å². The minimum Gasteiger partial charge on any atom is -0.442 e. The first-order chi connectivity index (χ1) is 16.5. The van der Waals surface area contributed by atoms with Crippen molar-refractivity contribution in [3.05, 3.63) is 54.6 Å². The number of cyclic esters (lactones) is 1. The smallest absolute Gasteiger partial charge is 0.414 e. The molecule has 1 N–H and O–H groups in total. The maximum atomic E-state index is 15.1. The first kappa shape index (κ1) is 21.8. The van der Waals surface area contributed by atoms with Gasteiger partial charge in [0.15, 0.2) is 0 Å². The lowest BCUT2D eigenvalue weighted by Gasteiger charge is -2.21. The summed E-state index contributed by atoms with van der Waals surface area (Å²) in [6.07, 6.45) is 3.15. The highest BCUT2D eigenvalue weighted by molar-refractivity contribution is 5.90. The number of carbonyl (C=O) groups excluding carboxylic acids is 2. The van der Waals surface area contributed by atoms with E-state index < -0.39 is 18.0 Å². The number of anilines is 2. The molecule has 0 radical (unpaired) electrons. The van der Waals surface area contributed by atoms with Crippen LogP contribution in [0.1, 0.15) is 19.4 Å². The SMILES string of the molecule is CC(=O)NC[C@H]1CN(c2ccc(N3CC[C@@H](n4ncc(-c5ccccn5)n4)C3)c(F)c2)C(=O)O1. The molecule has 0 saturated carbocycles. The predicted octanol–water partition coefficient (Wildman–Crippen LogP) is 2.39. The Bertz CT molecular complexity index is 1200. The molecule has 4 heterocycles. The number of benzene rings is 1. The van der Waals surface area contributed by atoms with Crippen LogP contribution < -0.4 is 15.1 Å². The number of carbonyl (C=O) groups is 2. The Labute approximate surface area is 195 Å². The Kier molecular flexibility index (Phi) is 5.83. The third kappa shape index (κ3) is 4.41. The molecule has 0 spiro atoms. The van der Waals surface area contributed by atoms with E-state index in [4.69, 9.17) is 4.74 Å². The lowest BCUT2D eigenvalue weighted by atomic mass is 10.2. The number of rotatable bonds is 6. The van der Waals surface area contributed by atoms with Crippen LogP contribution in [0.4, 0.5) is 20.6 Å². The number of pyridine rings is 1. The number of amides is 2. The van der Waals surface area contributed by atoms with E-state index in [9.17, 15) is 9.59 Å². The zero-order valence-corrected chi connectivity index (χ0v) is 18.6. The first-order valence-corrected chi connectivity index (χ1v) is 11.1. The Morgan fingerprint density at radius 1 is 1.24 bits per heavy atom. The van der Waals surface area contributed by atoms with Crippen molar-refractivity contribution >= 4 is 23.4 Å². The van der Waals surface area contributed by atoms with Crippen molar-refractivity contribution in [2.45, 2.75) is 25.5 Å². The quantitative estimate of drug-likeness (QED) is 0.596. The zero-order valence-electron chi connectivity index (χ0n) is 18.6. The molecule has 2 aromatic heterocycles. The van der Waals surface area contributed by atoms with Gasteiger partial charge in [-0.15, -0.1) is 0 Å². The van der Waals surface area contributed by atoms with Gasteiger partial charge in [0.1, 0.15) is 17.6 Å². The monoisotopic (exact) mass is 465 g/mol. The van der Waals surface area contributed by atoms with Crippen LogP contribution in [0.5, 0.6) is 0 Å². The summed E-state index contributed by atoms with van der Waals surface area (Å²) < 4.78 is 20.3. The molecule has 10 nitrogen and oxygen atoms in total. The van der Waals surface area contributed by atoms with E-state index in [1.165, 1.54) is 17.9 Å². The molecule has 0 aliphatic carbocycles. The summed E-state index contributed by atoms with van der Waals surface area (Å²) >= 11 is 0. The van der Waals surface area contributed by atoms with Crippen molar-refractivity contribution in [2.24, 2.45) is 0 Å². The molecule has 5 rings (SSSR count). The first-order valence-electron chi connectivity index (χ1n) is 11.1. The van der Waals surface area contributed by atoms with E-state index >= 15 is 4.39 Å². The number of nitrogens with zero attached hydrogens (tertiary/aromatic N) is 6. The van der Waals surface area contributed by atoms with Gasteiger partial charge in [-0.25, -0.2) is 9.18 Å². The fourth-order valence-electron chi connectivity index (χ4n) is 4.25. The van der Waals surface area contributed by atoms with Crippen molar-refractivity contribution in [1.29, 1.82) is 0 Å². The van der Waals surface area contributed by atoms with E-state index in [1.807, 2.05) is 23.1 Å². The molecule has 34 heavy (non-hydrogen) atoms. The molecule has 2 fully saturated rings. The number of aromatic nitrogens is 4. The van der Waals surface area contributed by atoms with Gasteiger partial charge in [0, 0.05) is 26.2 Å². The van der Waals surface area contributed by atoms with E-state index in [0.29, 0.717) is 30.2 Å². The lowest BCUT2D eigenvalue weighted by molar-refractivity contribution is -0.119. The van der Waals surface area contributed by atoms with Gasteiger partial charge in [-0.2, -0.15) is 15.0 Å². The third-order valence-corrected chi connectivity index (χ3v) is 5.96. The van der Waals surface area contributed by atoms with Crippen LogP contribution in [-0.4, -0.2) is 64.3 Å². The van der Waals surface area contributed by atoms with Crippen LogP contribution >= 0.6 is 0 Å². The highest BCUT2D eigenvalue weighted by Crippen LogP contribution is 2.32. The third-order valence-electron chi connectivity index (χ3n) is 5.96. The normalized spacial score (nSPS) is 20.0. The van der Waals surface area contributed by atoms with Crippen molar-refractivity contribution in [3.63, 3.8) is 0 Å². The number of ether oxygens (including phenoxy) is 1. The van der Waals surface area contributed by atoms with Gasteiger partial charge < -0.3 is 15.0 Å². The summed E-state index contributed by atoms with van der Waals surface area (Å²) in [5.41, 5.74) is 2.33. The summed E-state index contributed by atoms with van der Waals surface area (Å²) in [7, 11) is 0. The number of hydrogen-bond acceptors (Lipinski definition) is 7. The molecule has 176 valence electrons. The van der Waals surface area contributed by atoms with Gasteiger partial charge in [-0.1, -0.05) is 6.07 Å². The second-order valence-corrected chi connectivity index (χ2v) is 8.34. The van der Waals surface area contributed by atoms with Gasteiger partial charge in [-0.05, 0) is 36.8 Å². The molecule has 0 unspecified atom stereocenters. The summed E-state index contributed by atoms with van der Waals surface area (Å²) in [5, 5.41) is 11.6. The van der Waals surface area contributed by atoms with E-state index in [-0.39, 0.29) is 25.0 Å². The van der Waals surface area contributed by atoms with Gasteiger partial charge >= 0.3 is 6.09 Å². The highest BCUT2D eigenvalue weighted by Gasteiger charge is 2.33. The Morgan fingerprint density at radius 2 is 2.12 bits per heavy atom. The molecule has 2 aliphatic heterocycles. The van der Waals surface area contributed by atoms with Gasteiger partial charge in [0.25, 0.3) is 0 Å². The summed E-state index contributed by atoms with van der Waals surface area (Å²) in [6.45, 7) is 3.08. The maximum Gasteiger partial charge on any atom is 0.414 e. The molecule has 2 saturated heterocycles. The van der Waals surface area contributed by atoms with Crippen LogP contribution in [0.15, 0.2) is 48.8 Å². The molecular weight excluding hydrogens is 441 g/mol. The Morgan fingerprint density at radius 3 is 2.88 bits per heavy atom. The molecule has 3 aromatic rings. The van der Waals surface area contributed by atoms with Crippen LogP contribution in [0.25, 0.3) is 11.4 Å². The molecule has 2 amide bonds. The second-order valence-electron chi connectivity index (χ2n) is 8.34. The average Bonchev–Trinajstić information content (AvgIpc) is 3.58. The predicted molar refractivity (Wildman–Crippen MR) is 122 cm³/mol. The van der Waals surface area contributed by atoms with Gasteiger partial charge in [-0.3, -0.25) is 14.7 Å². The van der Waals surface area contributed by atoms with E-state index in [2.05, 4.69) is 20.5 Å². The maximum absolute atomic E-state index is 15.1. The minimum atomic E-state index is -0.558. The number of halogens is 1. The fourth-order valence-corrected chi connectivity index (χ4v) is 4.25. The van der Waals surface area contributed by atoms with Crippen LogP contribution in [-0.2, 0) is 9.53 Å². The second kappa shape index (κ2) is 9.08. The van der Waals surface area contributed by atoms with Crippen LogP contribution in [0.2, 0.25) is 0 Å². The van der Waals surface area contributed by atoms with E-state index in [1.54, 1.807) is 29.3 Å². The van der Waals surface area contributed by atoms with Crippen molar-refractivity contribution in [1.82, 2.24) is 25.3 Å². The topological polar surface area (TPSA) is 105 Å². The Balaban J connectivity index is 1.25. The molecule has 0 bridgehead atoms. The highest BCUT2D eigenvalue weighted by atomic mass is 19.1. The fraction of sp³-hybridized carbons (Fsp3) is 0.348. The molecule has 2 aliphatic rings. The lowest BCUT2D eigenvalue weighted by Crippen LogP contribution is -2.33. The minimum absolute atomic E-state index is 0.0135. The van der Waals surface area contributed by atoms with Crippen molar-refractivity contribution in [2.75, 3.05) is 36.0 Å². The zero-order chi connectivity index (χ0) is 23.7. The van der Waals surface area contributed by atoms with Gasteiger partial charge in [0.05, 0.1) is 42.4 Å². The number of hydrogen-bond donors (Lipinski definition) is 1. The summed E-state index contributed by atoms with van der Waals surface area (Å²) in [6, 6.07) is 10.4. The molecule has 1 aromatic carbocycles. The number of nitrogens with one attached hydrogen (secondary N) is 1. The largest absolute Gasteiger partial charge is 0.442 e. The molecular formula is C23H24FN7O3. The molecule has 11 heteroatoms. The summed E-state index contributed by atoms with van der Waals surface area (Å²) in [4.78, 5) is 32.6. The standard InChI is InChI=1S/C23H24FN7O3/c1-15(32)26-11-18-14-30(23(33)34-18)16-5-6-22(19(24)10-16)29-9-7-17(13-29)31-27-12-21(28-31)20-4-2-3-8-25-20/h2-6,8,10,12,17-18H,7,9,11,13-14H2,1H3,(H,26,32)/t17-,18+/m1/s1. The Hall–Kier alpha value is -4.02. The van der Waals surface area contributed by atoms with Crippen molar-refractivity contribution in [3.8, 4) is 11.4 Å². The van der Waals surface area contributed by atoms with Gasteiger partial charge in [0.2, 0.25) is 5.91 Å². The average molecular weight is 465 g/mol.